The van der Waals surface area contributed by atoms with Crippen LogP contribution in [-0.2, 0) is 19.6 Å². The van der Waals surface area contributed by atoms with Crippen molar-refractivity contribution in [1.29, 1.82) is 0 Å². The second-order valence-electron chi connectivity index (χ2n) is 7.76. The molecule has 1 saturated heterocycles. The average molecular weight is 430 g/mol. The van der Waals surface area contributed by atoms with Crippen molar-refractivity contribution in [3.63, 3.8) is 0 Å². The Balaban J connectivity index is 1.77. The second kappa shape index (κ2) is 8.47. The number of nitrogens with one attached hydrogen (secondary N) is 1. The lowest BCUT2D eigenvalue weighted by Gasteiger charge is -2.24. The third-order valence-electron chi connectivity index (χ3n) is 5.15. The molecule has 0 saturated carbocycles. The zero-order chi connectivity index (χ0) is 22.1. The van der Waals surface area contributed by atoms with E-state index in [4.69, 9.17) is 0 Å². The van der Waals surface area contributed by atoms with Crippen molar-refractivity contribution in [2.75, 3.05) is 33.9 Å². The molecule has 0 spiro atoms. The van der Waals surface area contributed by atoms with Crippen molar-refractivity contribution in [2.45, 2.75) is 33.6 Å². The summed E-state index contributed by atoms with van der Waals surface area (Å²) in [6, 6.07) is 10.7. The zero-order valence-electron chi connectivity index (χ0n) is 17.7. The van der Waals surface area contributed by atoms with Crippen molar-refractivity contribution in [3.8, 4) is 0 Å². The number of carbonyl (C=O) groups excluding carboxylic acids is 2. The van der Waals surface area contributed by atoms with Crippen LogP contribution in [-0.4, -0.2) is 39.6 Å². The van der Waals surface area contributed by atoms with Crippen LogP contribution in [0.4, 0.5) is 17.1 Å². The van der Waals surface area contributed by atoms with Gasteiger partial charge in [-0.05, 0) is 62.6 Å². The van der Waals surface area contributed by atoms with Crippen molar-refractivity contribution < 1.29 is 18.0 Å². The highest BCUT2D eigenvalue weighted by atomic mass is 32.2. The maximum absolute atomic E-state index is 12.6. The summed E-state index contributed by atoms with van der Waals surface area (Å²) in [5.41, 5.74) is 4.55. The second-order valence-corrected chi connectivity index (χ2v) is 9.66. The monoisotopic (exact) mass is 429 g/mol. The molecule has 1 aliphatic rings. The van der Waals surface area contributed by atoms with Crippen molar-refractivity contribution in [2.24, 2.45) is 0 Å². The SMILES string of the molecule is Cc1ccc(N(CC(=O)Nc2ccc(N3CCCC3=O)c(C)c2)S(C)(=O)=O)c(C)c1. The molecule has 8 heteroatoms. The van der Waals surface area contributed by atoms with Crippen LogP contribution >= 0.6 is 0 Å². The van der Waals surface area contributed by atoms with Crippen molar-refractivity contribution in [1.82, 2.24) is 0 Å². The molecule has 7 nitrogen and oxygen atoms in total. The Morgan fingerprint density at radius 2 is 1.83 bits per heavy atom. The van der Waals surface area contributed by atoms with Crippen LogP contribution in [0.25, 0.3) is 0 Å². The number of anilines is 3. The molecule has 160 valence electrons. The number of hydrogen-bond donors (Lipinski definition) is 1. The highest BCUT2D eigenvalue weighted by molar-refractivity contribution is 7.92. The van der Waals surface area contributed by atoms with Crippen LogP contribution in [0.5, 0.6) is 0 Å². The molecule has 3 rings (SSSR count). The minimum atomic E-state index is -3.64. The summed E-state index contributed by atoms with van der Waals surface area (Å²) >= 11 is 0. The largest absolute Gasteiger partial charge is 0.325 e. The first kappa shape index (κ1) is 21.8. The standard InChI is InChI=1S/C22H27N3O4S/c1-15-7-9-20(16(2)12-15)25(30(4,28)29)14-21(26)23-18-8-10-19(17(3)13-18)24-11-5-6-22(24)27/h7-10,12-13H,5-6,11,14H2,1-4H3,(H,23,26). The number of nitrogens with zero attached hydrogens (tertiary/aromatic N) is 2. The quantitative estimate of drug-likeness (QED) is 0.764. The van der Waals surface area contributed by atoms with E-state index in [9.17, 15) is 18.0 Å². The first-order valence-electron chi connectivity index (χ1n) is 9.82. The van der Waals surface area contributed by atoms with Gasteiger partial charge in [-0.1, -0.05) is 17.7 Å². The molecular formula is C22H27N3O4S. The Hall–Kier alpha value is -2.87. The molecule has 0 unspecified atom stereocenters. The van der Waals surface area contributed by atoms with Gasteiger partial charge in [0.25, 0.3) is 0 Å². The van der Waals surface area contributed by atoms with Crippen LogP contribution in [0.1, 0.15) is 29.5 Å². The topological polar surface area (TPSA) is 86.8 Å². The lowest BCUT2D eigenvalue weighted by molar-refractivity contribution is -0.117. The molecule has 0 aromatic heterocycles. The predicted molar refractivity (Wildman–Crippen MR) is 120 cm³/mol. The van der Waals surface area contributed by atoms with Crippen molar-refractivity contribution in [3.05, 3.63) is 53.1 Å². The van der Waals surface area contributed by atoms with Gasteiger partial charge in [-0.25, -0.2) is 8.42 Å². The first-order chi connectivity index (χ1) is 14.1. The molecule has 0 radical (unpaired) electrons. The summed E-state index contributed by atoms with van der Waals surface area (Å²) in [5.74, 6) is -0.336. The van der Waals surface area contributed by atoms with Gasteiger partial charge in [0, 0.05) is 24.3 Å². The number of rotatable bonds is 6. The number of benzene rings is 2. The van der Waals surface area contributed by atoms with E-state index in [1.807, 2.05) is 39.0 Å². The number of sulfonamides is 1. The summed E-state index contributed by atoms with van der Waals surface area (Å²) in [5, 5.41) is 2.77. The fourth-order valence-corrected chi connectivity index (χ4v) is 4.65. The maximum Gasteiger partial charge on any atom is 0.245 e. The maximum atomic E-state index is 12.6. The van der Waals surface area contributed by atoms with Gasteiger partial charge in [0.05, 0.1) is 11.9 Å². The van der Waals surface area contributed by atoms with E-state index in [1.54, 1.807) is 23.1 Å². The van der Waals surface area contributed by atoms with Gasteiger partial charge in [-0.3, -0.25) is 13.9 Å². The normalized spacial score (nSPS) is 14.1. The summed E-state index contributed by atoms with van der Waals surface area (Å²) in [4.78, 5) is 26.4. The van der Waals surface area contributed by atoms with Gasteiger partial charge < -0.3 is 10.2 Å². The number of carbonyl (C=O) groups is 2. The first-order valence-corrected chi connectivity index (χ1v) is 11.7. The molecule has 1 N–H and O–H groups in total. The Bertz CT molecular complexity index is 1100. The summed E-state index contributed by atoms with van der Waals surface area (Å²) < 4.78 is 25.8. The molecule has 0 bridgehead atoms. The van der Waals surface area contributed by atoms with Crippen LogP contribution in [0.15, 0.2) is 36.4 Å². The number of hydrogen-bond acceptors (Lipinski definition) is 4. The van der Waals surface area contributed by atoms with E-state index in [-0.39, 0.29) is 12.5 Å². The number of aryl methyl sites for hydroxylation is 3. The Labute approximate surface area is 177 Å². The fourth-order valence-electron chi connectivity index (χ4n) is 3.74. The summed E-state index contributed by atoms with van der Waals surface area (Å²) in [7, 11) is -3.64. The molecule has 0 atom stereocenters. The van der Waals surface area contributed by atoms with Gasteiger partial charge in [0.2, 0.25) is 21.8 Å². The predicted octanol–water partition coefficient (Wildman–Crippen LogP) is 3.14. The van der Waals surface area contributed by atoms with E-state index in [2.05, 4.69) is 5.32 Å². The van der Waals surface area contributed by atoms with Crippen LogP contribution < -0.4 is 14.5 Å². The van der Waals surface area contributed by atoms with Gasteiger partial charge >= 0.3 is 0 Å². The third-order valence-corrected chi connectivity index (χ3v) is 6.28. The molecular weight excluding hydrogens is 402 g/mol. The van der Waals surface area contributed by atoms with Crippen LogP contribution in [0.2, 0.25) is 0 Å². The van der Waals surface area contributed by atoms with Crippen LogP contribution in [0.3, 0.4) is 0 Å². The highest BCUT2D eigenvalue weighted by Gasteiger charge is 2.24. The minimum Gasteiger partial charge on any atom is -0.325 e. The van der Waals surface area contributed by atoms with Gasteiger partial charge in [-0.2, -0.15) is 0 Å². The summed E-state index contributed by atoms with van der Waals surface area (Å²) in [6.07, 6.45) is 2.49. The van der Waals surface area contributed by atoms with Gasteiger partial charge in [0.15, 0.2) is 0 Å². The summed E-state index contributed by atoms with van der Waals surface area (Å²) in [6.45, 7) is 6.00. The van der Waals surface area contributed by atoms with E-state index in [0.717, 1.165) is 39.4 Å². The molecule has 1 aliphatic heterocycles. The molecule has 2 amide bonds. The lowest BCUT2D eigenvalue weighted by atomic mass is 10.1. The van der Waals surface area contributed by atoms with Gasteiger partial charge in [0.1, 0.15) is 6.54 Å². The Morgan fingerprint density at radius 1 is 1.10 bits per heavy atom. The molecule has 30 heavy (non-hydrogen) atoms. The highest BCUT2D eigenvalue weighted by Crippen LogP contribution is 2.28. The van der Waals surface area contributed by atoms with Crippen LogP contribution in [0, 0.1) is 20.8 Å². The Kier molecular flexibility index (Phi) is 6.17. The van der Waals surface area contributed by atoms with E-state index < -0.39 is 15.9 Å². The van der Waals surface area contributed by atoms with Crippen molar-refractivity contribution >= 4 is 38.9 Å². The average Bonchev–Trinajstić information content (AvgIpc) is 3.05. The molecule has 1 fully saturated rings. The van der Waals surface area contributed by atoms with E-state index in [0.29, 0.717) is 24.3 Å². The minimum absolute atomic E-state index is 0.104. The van der Waals surface area contributed by atoms with Gasteiger partial charge in [-0.15, -0.1) is 0 Å². The smallest absolute Gasteiger partial charge is 0.245 e. The molecule has 1 heterocycles. The molecule has 2 aromatic rings. The number of amides is 2. The Morgan fingerprint density at radius 3 is 2.40 bits per heavy atom. The zero-order valence-corrected chi connectivity index (χ0v) is 18.5. The van der Waals surface area contributed by atoms with E-state index in [1.165, 1.54) is 0 Å². The fraction of sp³-hybridized carbons (Fsp3) is 0.364. The molecule has 2 aromatic carbocycles. The third kappa shape index (κ3) is 4.81. The molecule has 0 aliphatic carbocycles. The lowest BCUT2D eigenvalue weighted by Crippen LogP contribution is -2.37. The van der Waals surface area contributed by atoms with E-state index >= 15 is 0 Å².